The summed E-state index contributed by atoms with van der Waals surface area (Å²) in [5.41, 5.74) is -2.61. The number of hydrogen-bond acceptors (Lipinski definition) is 5. The van der Waals surface area contributed by atoms with Crippen LogP contribution in [0.25, 0.3) is 0 Å². The summed E-state index contributed by atoms with van der Waals surface area (Å²) < 4.78 is 20.4. The lowest BCUT2D eigenvalue weighted by molar-refractivity contribution is -0.157. The van der Waals surface area contributed by atoms with E-state index in [0.717, 1.165) is 0 Å². The monoisotopic (exact) mass is 468 g/mol. The lowest BCUT2D eigenvalue weighted by atomic mass is 9.71. The fourth-order valence-corrected chi connectivity index (χ4v) is 5.55. The molecule has 2 N–H and O–H groups in total. The first-order valence-corrected chi connectivity index (χ1v) is 10.9. The summed E-state index contributed by atoms with van der Waals surface area (Å²) >= 11 is 6.15. The van der Waals surface area contributed by atoms with Gasteiger partial charge in [0, 0.05) is 32.3 Å². The highest BCUT2D eigenvalue weighted by Gasteiger charge is 2.78. The smallest absolute Gasteiger partial charge is 0.228 e. The Balaban J connectivity index is 1.87. The van der Waals surface area contributed by atoms with Crippen LogP contribution in [-0.4, -0.2) is 46.2 Å². The Hall–Kier alpha value is -3.00. The zero-order valence-electron chi connectivity index (χ0n) is 17.9. The van der Waals surface area contributed by atoms with Gasteiger partial charge in [-0.2, -0.15) is 0 Å². The molecule has 0 spiro atoms. The third-order valence-electron chi connectivity index (χ3n) is 6.74. The van der Waals surface area contributed by atoms with Gasteiger partial charge in [0.1, 0.15) is 23.4 Å². The van der Waals surface area contributed by atoms with Gasteiger partial charge in [0.2, 0.25) is 5.91 Å². The largest absolute Gasteiger partial charge is 0.476 e. The molecule has 1 amide bonds. The molecular formula is C25H22ClFN2O4. The quantitative estimate of drug-likeness (QED) is 0.616. The number of carbonyl (C=O) groups is 1. The van der Waals surface area contributed by atoms with E-state index in [1.807, 2.05) is 30.3 Å². The lowest BCUT2D eigenvalue weighted by Gasteiger charge is -2.40. The number of aliphatic hydroxyl groups is 2. The lowest BCUT2D eigenvalue weighted by Crippen LogP contribution is -2.52. The number of benzene rings is 2. The van der Waals surface area contributed by atoms with E-state index in [1.54, 1.807) is 14.1 Å². The molecule has 1 aliphatic carbocycles. The molecule has 33 heavy (non-hydrogen) atoms. The van der Waals surface area contributed by atoms with Gasteiger partial charge in [0.05, 0.1) is 10.9 Å². The number of amides is 1. The molecule has 8 heteroatoms. The third kappa shape index (κ3) is 2.86. The molecule has 2 aliphatic rings. The average Bonchev–Trinajstić information content (AvgIpc) is 3.17. The second kappa shape index (κ2) is 7.52. The van der Waals surface area contributed by atoms with Crippen LogP contribution in [0.15, 0.2) is 66.9 Å². The number of rotatable bonds is 3. The predicted octanol–water partition coefficient (Wildman–Crippen LogP) is 3.21. The van der Waals surface area contributed by atoms with E-state index in [1.165, 1.54) is 41.4 Å². The van der Waals surface area contributed by atoms with Crippen molar-refractivity contribution in [3.63, 3.8) is 0 Å². The van der Waals surface area contributed by atoms with Crippen molar-refractivity contribution in [2.45, 2.75) is 23.2 Å². The maximum Gasteiger partial charge on any atom is 0.228 e. The fraction of sp³-hybridized carbons (Fsp3) is 0.280. The molecule has 0 bridgehead atoms. The molecule has 3 aromatic rings. The van der Waals surface area contributed by atoms with E-state index >= 15 is 0 Å². The first-order chi connectivity index (χ1) is 15.7. The Kier molecular flexibility index (Phi) is 4.97. The minimum atomic E-state index is -2.11. The second-order valence-electron chi connectivity index (χ2n) is 8.70. The van der Waals surface area contributed by atoms with Crippen molar-refractivity contribution in [2.24, 2.45) is 5.92 Å². The molecule has 1 saturated carbocycles. The van der Waals surface area contributed by atoms with E-state index in [-0.39, 0.29) is 17.4 Å². The van der Waals surface area contributed by atoms with Gasteiger partial charge in [0.15, 0.2) is 11.2 Å². The Bertz CT molecular complexity index is 1220. The zero-order chi connectivity index (χ0) is 23.5. The highest BCUT2D eigenvalue weighted by atomic mass is 35.5. The van der Waals surface area contributed by atoms with Gasteiger partial charge in [-0.15, -0.1) is 0 Å². The molecule has 1 aromatic heterocycles. The van der Waals surface area contributed by atoms with E-state index < -0.39 is 35.0 Å². The van der Waals surface area contributed by atoms with Crippen LogP contribution in [0.5, 0.6) is 5.75 Å². The van der Waals surface area contributed by atoms with Gasteiger partial charge in [-0.3, -0.25) is 9.78 Å². The standard InChI is InChI=1S/C25H22ClFN2O4/c1-29(2)23(31)19-20(14-6-4-3-5-7-14)25(15-8-10-17(27)11-9-15)24(32,22(19)30)21-18(33-25)12-16(26)13-28-21/h3-13,19-20,22,30,32H,1-2H3/t19-,20-,22-,24+,25+/m1/s1. The maximum absolute atomic E-state index is 13.9. The number of aromatic nitrogens is 1. The SMILES string of the molecule is CN(C)C(=O)[C@H]1[C@@H](O)[C@@]2(O)c3ncc(Cl)cc3O[C@@]2(c2ccc(F)cc2)[C@@H]1c1ccccc1. The highest BCUT2D eigenvalue weighted by molar-refractivity contribution is 6.30. The minimum Gasteiger partial charge on any atom is -0.476 e. The first-order valence-electron chi connectivity index (χ1n) is 10.5. The number of pyridine rings is 1. The van der Waals surface area contributed by atoms with Crippen LogP contribution in [0.2, 0.25) is 5.02 Å². The van der Waals surface area contributed by atoms with E-state index in [9.17, 15) is 19.4 Å². The number of ether oxygens (including phenoxy) is 1. The summed E-state index contributed by atoms with van der Waals surface area (Å²) in [7, 11) is 3.18. The number of fused-ring (bicyclic) bond motifs is 3. The molecule has 5 rings (SSSR count). The zero-order valence-corrected chi connectivity index (χ0v) is 18.7. The van der Waals surface area contributed by atoms with Crippen LogP contribution >= 0.6 is 11.6 Å². The number of halogens is 2. The topological polar surface area (TPSA) is 82.9 Å². The average molecular weight is 469 g/mol. The molecule has 0 unspecified atom stereocenters. The molecule has 1 aliphatic heterocycles. The van der Waals surface area contributed by atoms with E-state index in [2.05, 4.69) is 4.98 Å². The molecule has 1 fully saturated rings. The Morgan fingerprint density at radius 3 is 2.45 bits per heavy atom. The van der Waals surface area contributed by atoms with Crippen molar-refractivity contribution in [2.75, 3.05) is 14.1 Å². The van der Waals surface area contributed by atoms with Gasteiger partial charge < -0.3 is 19.8 Å². The van der Waals surface area contributed by atoms with Gasteiger partial charge in [-0.05, 0) is 23.3 Å². The van der Waals surface area contributed by atoms with Gasteiger partial charge >= 0.3 is 0 Å². The van der Waals surface area contributed by atoms with Gasteiger partial charge in [0.25, 0.3) is 0 Å². The summed E-state index contributed by atoms with van der Waals surface area (Å²) in [6, 6.07) is 16.1. The van der Waals surface area contributed by atoms with Crippen molar-refractivity contribution in [1.82, 2.24) is 9.88 Å². The minimum absolute atomic E-state index is 0.0821. The van der Waals surface area contributed by atoms with Crippen molar-refractivity contribution in [3.8, 4) is 5.75 Å². The number of nitrogens with zero attached hydrogens (tertiary/aromatic N) is 2. The Morgan fingerprint density at radius 2 is 1.82 bits per heavy atom. The van der Waals surface area contributed by atoms with Crippen LogP contribution < -0.4 is 4.74 Å². The van der Waals surface area contributed by atoms with Crippen molar-refractivity contribution in [3.05, 3.63) is 94.5 Å². The van der Waals surface area contributed by atoms with E-state index in [4.69, 9.17) is 16.3 Å². The Morgan fingerprint density at radius 1 is 1.15 bits per heavy atom. The van der Waals surface area contributed by atoms with Gasteiger partial charge in [-0.1, -0.05) is 54.1 Å². The molecule has 0 radical (unpaired) electrons. The summed E-state index contributed by atoms with van der Waals surface area (Å²) in [6.45, 7) is 0. The van der Waals surface area contributed by atoms with Crippen molar-refractivity contribution >= 4 is 17.5 Å². The normalized spacial score (nSPS) is 29.8. The predicted molar refractivity (Wildman–Crippen MR) is 119 cm³/mol. The summed E-state index contributed by atoms with van der Waals surface area (Å²) in [5, 5.41) is 24.2. The van der Waals surface area contributed by atoms with Crippen LogP contribution in [-0.2, 0) is 16.0 Å². The van der Waals surface area contributed by atoms with Gasteiger partial charge in [-0.25, -0.2) is 4.39 Å². The maximum atomic E-state index is 13.9. The molecule has 2 heterocycles. The van der Waals surface area contributed by atoms with Crippen LogP contribution in [0.4, 0.5) is 4.39 Å². The molecule has 170 valence electrons. The van der Waals surface area contributed by atoms with Crippen LogP contribution in [0.1, 0.15) is 22.7 Å². The molecule has 0 saturated heterocycles. The van der Waals surface area contributed by atoms with Crippen molar-refractivity contribution < 1.29 is 24.1 Å². The molecule has 5 atom stereocenters. The first kappa shape index (κ1) is 21.8. The van der Waals surface area contributed by atoms with Crippen molar-refractivity contribution in [1.29, 1.82) is 0 Å². The second-order valence-corrected chi connectivity index (χ2v) is 9.14. The third-order valence-corrected chi connectivity index (χ3v) is 6.95. The summed E-state index contributed by atoms with van der Waals surface area (Å²) in [4.78, 5) is 19.1. The number of hydrogen-bond donors (Lipinski definition) is 2. The Labute approximate surface area is 195 Å². The number of aliphatic hydroxyl groups excluding tert-OH is 1. The summed E-state index contributed by atoms with van der Waals surface area (Å²) in [5.74, 6) is -2.54. The highest BCUT2D eigenvalue weighted by Crippen LogP contribution is 2.68. The van der Waals surface area contributed by atoms with Crippen LogP contribution in [0.3, 0.4) is 0 Å². The molecular weight excluding hydrogens is 447 g/mol. The van der Waals surface area contributed by atoms with E-state index in [0.29, 0.717) is 16.1 Å². The molecule has 2 aromatic carbocycles. The summed E-state index contributed by atoms with van der Waals surface area (Å²) in [6.07, 6.45) is -0.217. The molecule has 6 nitrogen and oxygen atoms in total. The number of carbonyl (C=O) groups excluding carboxylic acids is 1. The van der Waals surface area contributed by atoms with Crippen LogP contribution in [0, 0.1) is 11.7 Å². The fourth-order valence-electron chi connectivity index (χ4n) is 5.40.